The van der Waals surface area contributed by atoms with Gasteiger partial charge >= 0.3 is 24.0 Å². The van der Waals surface area contributed by atoms with Crippen LogP contribution in [0.3, 0.4) is 0 Å². The quantitative estimate of drug-likeness (QED) is 0.626. The van der Waals surface area contributed by atoms with E-state index in [-0.39, 0.29) is 0 Å². The lowest BCUT2D eigenvalue weighted by Crippen LogP contribution is -2.41. The second kappa shape index (κ2) is 5.87. The Kier molecular flexibility index (Phi) is 4.79. The standard InChI is InChI=1S/C11H3F9O4/c12-4-1(8(21)22)2(9(23)24)5(13)6(14)3(4)7(15)10(16,17)11(18,19)20/h7H,(H,21,22)(H,23,24). The van der Waals surface area contributed by atoms with Gasteiger partial charge in [0.05, 0.1) is 5.56 Å². The van der Waals surface area contributed by atoms with Crippen molar-refractivity contribution < 1.29 is 59.3 Å². The lowest BCUT2D eigenvalue weighted by atomic mass is 9.95. The lowest BCUT2D eigenvalue weighted by molar-refractivity contribution is -0.305. The molecule has 0 aliphatic heterocycles. The van der Waals surface area contributed by atoms with Crippen LogP contribution >= 0.6 is 0 Å². The average Bonchev–Trinajstić information content (AvgIpc) is 2.40. The summed E-state index contributed by atoms with van der Waals surface area (Å²) in [5, 5.41) is 17.1. The molecule has 1 rings (SSSR count). The fourth-order valence-electron chi connectivity index (χ4n) is 1.63. The van der Waals surface area contributed by atoms with Crippen molar-refractivity contribution >= 4 is 11.9 Å². The molecule has 0 aromatic heterocycles. The van der Waals surface area contributed by atoms with E-state index in [0.29, 0.717) is 0 Å². The number of carbonyl (C=O) groups is 2. The molecular weight excluding hydrogens is 367 g/mol. The van der Waals surface area contributed by atoms with Crippen molar-refractivity contribution in [1.29, 1.82) is 0 Å². The third-order valence-electron chi connectivity index (χ3n) is 2.73. The highest BCUT2D eigenvalue weighted by atomic mass is 19.4. The number of rotatable bonds is 4. The molecule has 0 heterocycles. The SMILES string of the molecule is O=C(O)c1c(F)c(F)c(C(F)C(F)(F)C(F)(F)F)c(F)c1C(=O)O. The number of carboxylic acid groups (broad SMARTS) is 2. The first kappa shape index (κ1) is 19.6. The largest absolute Gasteiger partial charge is 0.478 e. The van der Waals surface area contributed by atoms with Crippen molar-refractivity contribution in [1.82, 2.24) is 0 Å². The van der Waals surface area contributed by atoms with E-state index in [4.69, 9.17) is 10.2 Å². The Labute approximate surface area is 125 Å². The fraction of sp³-hybridized carbons (Fsp3) is 0.273. The molecule has 1 unspecified atom stereocenters. The van der Waals surface area contributed by atoms with Crippen LogP contribution in [0.2, 0.25) is 0 Å². The van der Waals surface area contributed by atoms with E-state index in [1.54, 1.807) is 0 Å². The van der Waals surface area contributed by atoms with Crippen molar-refractivity contribution in [2.45, 2.75) is 18.3 Å². The minimum atomic E-state index is -6.66. The van der Waals surface area contributed by atoms with Crippen LogP contribution in [0.15, 0.2) is 0 Å². The minimum absolute atomic E-state index is 2.20. The van der Waals surface area contributed by atoms with E-state index in [1.807, 2.05) is 0 Å². The average molecular weight is 370 g/mol. The Bertz CT molecular complexity index is 711. The van der Waals surface area contributed by atoms with Gasteiger partial charge in [-0.25, -0.2) is 27.2 Å². The molecule has 0 fully saturated rings. The zero-order valence-electron chi connectivity index (χ0n) is 10.7. The van der Waals surface area contributed by atoms with Gasteiger partial charge in [0.25, 0.3) is 0 Å². The topological polar surface area (TPSA) is 74.6 Å². The smallest absolute Gasteiger partial charge is 0.456 e. The van der Waals surface area contributed by atoms with Crippen LogP contribution in [-0.2, 0) is 0 Å². The first-order valence-corrected chi connectivity index (χ1v) is 5.41. The van der Waals surface area contributed by atoms with Crippen LogP contribution in [0.4, 0.5) is 39.5 Å². The predicted octanol–water partition coefficient (Wildman–Crippen LogP) is 3.71. The highest BCUT2D eigenvalue weighted by Gasteiger charge is 2.65. The van der Waals surface area contributed by atoms with Gasteiger partial charge in [0.1, 0.15) is 16.9 Å². The highest BCUT2D eigenvalue weighted by molar-refractivity contribution is 6.02. The highest BCUT2D eigenvalue weighted by Crippen LogP contribution is 2.48. The molecule has 1 aromatic carbocycles. The number of aromatic carboxylic acids is 2. The maximum absolute atomic E-state index is 13.8. The van der Waals surface area contributed by atoms with Gasteiger partial charge in [0, 0.05) is 0 Å². The normalized spacial score (nSPS) is 13.7. The number of halogens is 9. The Morgan fingerprint density at radius 1 is 0.792 bits per heavy atom. The van der Waals surface area contributed by atoms with Gasteiger partial charge in [-0.15, -0.1) is 0 Å². The van der Waals surface area contributed by atoms with Gasteiger partial charge in [-0.1, -0.05) is 0 Å². The molecule has 13 heteroatoms. The van der Waals surface area contributed by atoms with Gasteiger partial charge in [-0.3, -0.25) is 0 Å². The second-order valence-corrected chi connectivity index (χ2v) is 4.20. The third-order valence-corrected chi connectivity index (χ3v) is 2.73. The van der Waals surface area contributed by atoms with Crippen molar-refractivity contribution in [2.75, 3.05) is 0 Å². The zero-order valence-corrected chi connectivity index (χ0v) is 10.7. The van der Waals surface area contributed by atoms with Crippen LogP contribution in [0, 0.1) is 17.5 Å². The monoisotopic (exact) mass is 370 g/mol. The van der Waals surface area contributed by atoms with E-state index in [9.17, 15) is 49.1 Å². The molecule has 0 saturated carbocycles. The molecule has 1 aromatic rings. The molecule has 0 aliphatic carbocycles. The summed E-state index contributed by atoms with van der Waals surface area (Å²) >= 11 is 0. The number of hydrogen-bond donors (Lipinski definition) is 2. The molecule has 2 N–H and O–H groups in total. The van der Waals surface area contributed by atoms with Crippen LogP contribution in [0.25, 0.3) is 0 Å². The molecule has 0 radical (unpaired) electrons. The van der Waals surface area contributed by atoms with E-state index < -0.39 is 64.4 Å². The van der Waals surface area contributed by atoms with E-state index in [1.165, 1.54) is 0 Å². The Morgan fingerprint density at radius 2 is 1.17 bits per heavy atom. The molecular formula is C11H3F9O4. The van der Waals surface area contributed by atoms with Crippen molar-refractivity contribution in [2.24, 2.45) is 0 Å². The lowest BCUT2D eigenvalue weighted by Gasteiger charge is -2.24. The van der Waals surface area contributed by atoms with Crippen LogP contribution in [-0.4, -0.2) is 34.3 Å². The Hall–Kier alpha value is -2.47. The molecule has 0 aliphatic rings. The van der Waals surface area contributed by atoms with Gasteiger partial charge in [0.2, 0.25) is 6.17 Å². The summed E-state index contributed by atoms with van der Waals surface area (Å²) in [6.45, 7) is 0. The first-order chi connectivity index (χ1) is 10.7. The predicted molar refractivity (Wildman–Crippen MR) is 55.1 cm³/mol. The van der Waals surface area contributed by atoms with E-state index in [0.717, 1.165) is 0 Å². The molecule has 4 nitrogen and oxygen atoms in total. The summed E-state index contributed by atoms with van der Waals surface area (Å²) < 4.78 is 116. The summed E-state index contributed by atoms with van der Waals surface area (Å²) in [7, 11) is 0. The number of hydrogen-bond acceptors (Lipinski definition) is 2. The van der Waals surface area contributed by atoms with Gasteiger partial charge in [-0.2, -0.15) is 22.0 Å². The van der Waals surface area contributed by atoms with Gasteiger partial charge in [0.15, 0.2) is 11.6 Å². The zero-order chi connectivity index (χ0) is 19.2. The van der Waals surface area contributed by atoms with Crippen LogP contribution in [0.5, 0.6) is 0 Å². The molecule has 134 valence electrons. The number of alkyl halides is 6. The summed E-state index contributed by atoms with van der Waals surface area (Å²) in [6.07, 6.45) is -11.5. The molecule has 1 atom stereocenters. The number of benzene rings is 1. The third kappa shape index (κ3) is 2.85. The molecule has 0 amide bonds. The van der Waals surface area contributed by atoms with Gasteiger partial charge in [-0.05, 0) is 0 Å². The van der Waals surface area contributed by atoms with Crippen molar-refractivity contribution in [3.05, 3.63) is 34.1 Å². The van der Waals surface area contributed by atoms with E-state index >= 15 is 0 Å². The molecule has 0 bridgehead atoms. The maximum atomic E-state index is 13.8. The maximum Gasteiger partial charge on any atom is 0.456 e. The molecule has 0 saturated heterocycles. The summed E-state index contributed by atoms with van der Waals surface area (Å²) in [5.74, 6) is -20.4. The molecule has 24 heavy (non-hydrogen) atoms. The minimum Gasteiger partial charge on any atom is -0.478 e. The fourth-order valence-corrected chi connectivity index (χ4v) is 1.63. The Balaban J connectivity index is 3.87. The van der Waals surface area contributed by atoms with E-state index in [2.05, 4.69) is 0 Å². The summed E-state index contributed by atoms with van der Waals surface area (Å²) in [6, 6.07) is 0. The summed E-state index contributed by atoms with van der Waals surface area (Å²) in [5.41, 5.74) is -7.40. The van der Waals surface area contributed by atoms with Crippen molar-refractivity contribution in [3.63, 3.8) is 0 Å². The molecule has 0 spiro atoms. The number of carboxylic acids is 2. The van der Waals surface area contributed by atoms with Gasteiger partial charge < -0.3 is 10.2 Å². The van der Waals surface area contributed by atoms with Crippen molar-refractivity contribution in [3.8, 4) is 0 Å². The van der Waals surface area contributed by atoms with Crippen LogP contribution < -0.4 is 0 Å². The van der Waals surface area contributed by atoms with Crippen LogP contribution in [0.1, 0.15) is 32.5 Å². The Morgan fingerprint density at radius 3 is 1.50 bits per heavy atom. The first-order valence-electron chi connectivity index (χ1n) is 5.41. The second-order valence-electron chi connectivity index (χ2n) is 4.20. The summed E-state index contributed by atoms with van der Waals surface area (Å²) in [4.78, 5) is 21.3.